The predicted molar refractivity (Wildman–Crippen MR) is 107 cm³/mol. The number of methoxy groups -OCH3 is 1. The van der Waals surface area contributed by atoms with Crippen LogP contribution in [0.5, 0.6) is 5.75 Å². The third-order valence-electron chi connectivity index (χ3n) is 4.98. The van der Waals surface area contributed by atoms with Crippen LogP contribution in [0.25, 0.3) is 22.3 Å². The van der Waals surface area contributed by atoms with Crippen LogP contribution in [-0.2, 0) is 0 Å². The quantitative estimate of drug-likeness (QED) is 0.639. The Bertz CT molecular complexity index is 893. The molecule has 0 aliphatic carbocycles. The summed E-state index contributed by atoms with van der Waals surface area (Å²) in [5.41, 5.74) is 3.16. The Morgan fingerprint density at radius 2 is 1.85 bits per heavy atom. The van der Waals surface area contributed by atoms with Crippen LogP contribution in [0.4, 0.5) is 5.69 Å². The average Bonchev–Trinajstić information content (AvgIpc) is 3.08. The van der Waals surface area contributed by atoms with Crippen LogP contribution in [0.2, 0.25) is 0 Å². The third-order valence-corrected chi connectivity index (χ3v) is 4.98. The summed E-state index contributed by atoms with van der Waals surface area (Å²) in [6, 6.07) is 16.4. The number of benzene rings is 2. The lowest BCUT2D eigenvalue weighted by molar-refractivity contribution is 0.284. The number of anilines is 1. The number of rotatable bonds is 5. The monoisotopic (exact) mass is 348 g/mol. The largest absolute Gasteiger partial charge is 0.497 e. The normalized spacial score (nSPS) is 15.3. The molecule has 0 unspecified atom stereocenters. The molecule has 1 saturated heterocycles. The molecule has 1 aliphatic rings. The van der Waals surface area contributed by atoms with Crippen molar-refractivity contribution in [3.63, 3.8) is 0 Å². The minimum absolute atomic E-state index is 0.813. The fraction of sp³-hybridized carbons (Fsp3) is 0.273. The van der Waals surface area contributed by atoms with Gasteiger partial charge in [-0.15, -0.1) is 6.58 Å². The van der Waals surface area contributed by atoms with Crippen LogP contribution in [0.1, 0.15) is 0 Å². The van der Waals surface area contributed by atoms with E-state index in [1.807, 2.05) is 24.3 Å². The number of nitrogens with zero attached hydrogens (tertiary/aromatic N) is 2. The van der Waals surface area contributed by atoms with Gasteiger partial charge in [-0.1, -0.05) is 36.4 Å². The summed E-state index contributed by atoms with van der Waals surface area (Å²) in [6.45, 7) is 8.82. The maximum Gasteiger partial charge on any atom is 0.158 e. The SMILES string of the molecule is C=CCN1CCN(c2c(-c3ccccc3)oc3cc(OC)ccc23)CC1. The highest BCUT2D eigenvalue weighted by Crippen LogP contribution is 2.41. The Balaban J connectivity index is 1.77. The first-order chi connectivity index (χ1) is 12.8. The summed E-state index contributed by atoms with van der Waals surface area (Å²) in [7, 11) is 1.68. The molecule has 0 radical (unpaired) electrons. The summed E-state index contributed by atoms with van der Waals surface area (Å²) < 4.78 is 11.7. The van der Waals surface area contributed by atoms with E-state index >= 15 is 0 Å². The summed E-state index contributed by atoms with van der Waals surface area (Å²) in [5, 5.41) is 1.14. The molecule has 0 saturated carbocycles. The van der Waals surface area contributed by atoms with Crippen LogP contribution < -0.4 is 9.64 Å². The highest BCUT2D eigenvalue weighted by atomic mass is 16.5. The Labute approximate surface area is 154 Å². The Morgan fingerprint density at radius 1 is 1.08 bits per heavy atom. The minimum Gasteiger partial charge on any atom is -0.497 e. The van der Waals surface area contributed by atoms with E-state index in [1.54, 1.807) is 7.11 Å². The van der Waals surface area contributed by atoms with Gasteiger partial charge >= 0.3 is 0 Å². The average molecular weight is 348 g/mol. The van der Waals surface area contributed by atoms with E-state index in [2.05, 4.69) is 46.7 Å². The van der Waals surface area contributed by atoms with Crippen molar-refractivity contribution in [3.8, 4) is 17.1 Å². The predicted octanol–water partition coefficient (Wildman–Crippen LogP) is 4.42. The lowest BCUT2D eigenvalue weighted by Gasteiger charge is -2.35. The van der Waals surface area contributed by atoms with Crippen LogP contribution >= 0.6 is 0 Å². The molecule has 1 aliphatic heterocycles. The van der Waals surface area contributed by atoms with E-state index in [0.29, 0.717) is 0 Å². The number of piperazine rings is 1. The Hall–Kier alpha value is -2.72. The number of hydrogen-bond donors (Lipinski definition) is 0. The molecule has 2 aromatic carbocycles. The molecule has 134 valence electrons. The molecule has 3 aromatic rings. The highest BCUT2D eigenvalue weighted by molar-refractivity contribution is 6.00. The van der Waals surface area contributed by atoms with E-state index < -0.39 is 0 Å². The van der Waals surface area contributed by atoms with Gasteiger partial charge in [0.25, 0.3) is 0 Å². The molecular weight excluding hydrogens is 324 g/mol. The number of furan rings is 1. The molecule has 0 amide bonds. The number of fused-ring (bicyclic) bond motifs is 1. The van der Waals surface area contributed by atoms with Crippen molar-refractivity contribution in [1.82, 2.24) is 4.90 Å². The van der Waals surface area contributed by atoms with Gasteiger partial charge in [0.2, 0.25) is 0 Å². The van der Waals surface area contributed by atoms with Crippen LogP contribution in [0.3, 0.4) is 0 Å². The maximum atomic E-state index is 6.30. The molecule has 0 atom stereocenters. The maximum absolute atomic E-state index is 6.30. The molecule has 1 fully saturated rings. The molecule has 0 N–H and O–H groups in total. The molecule has 4 heteroatoms. The van der Waals surface area contributed by atoms with Crippen molar-refractivity contribution in [3.05, 3.63) is 61.2 Å². The molecule has 0 spiro atoms. The second-order valence-corrected chi connectivity index (χ2v) is 6.58. The lowest BCUT2D eigenvalue weighted by atomic mass is 10.1. The third kappa shape index (κ3) is 3.08. The second kappa shape index (κ2) is 7.26. The molecule has 26 heavy (non-hydrogen) atoms. The standard InChI is InChI=1S/C22H24N2O2/c1-3-11-23-12-14-24(15-13-23)21-19-10-9-18(25-2)16-20(19)26-22(21)17-7-5-4-6-8-17/h3-10,16H,1,11-15H2,2H3. The van der Waals surface area contributed by atoms with E-state index in [1.165, 1.54) is 5.69 Å². The van der Waals surface area contributed by atoms with E-state index in [0.717, 1.165) is 60.8 Å². The molecule has 4 nitrogen and oxygen atoms in total. The van der Waals surface area contributed by atoms with E-state index in [9.17, 15) is 0 Å². The fourth-order valence-electron chi connectivity index (χ4n) is 3.63. The zero-order valence-corrected chi connectivity index (χ0v) is 15.1. The van der Waals surface area contributed by atoms with Gasteiger partial charge in [0.15, 0.2) is 5.76 Å². The first-order valence-corrected chi connectivity index (χ1v) is 9.04. The zero-order chi connectivity index (χ0) is 17.9. The van der Waals surface area contributed by atoms with Crippen LogP contribution in [0.15, 0.2) is 65.6 Å². The molecule has 1 aromatic heterocycles. The first kappa shape index (κ1) is 16.7. The molecule has 0 bridgehead atoms. The van der Waals surface area contributed by atoms with Gasteiger partial charge in [-0.2, -0.15) is 0 Å². The molecule has 2 heterocycles. The Morgan fingerprint density at radius 3 is 2.54 bits per heavy atom. The summed E-state index contributed by atoms with van der Waals surface area (Å²) >= 11 is 0. The van der Waals surface area contributed by atoms with Crippen molar-refractivity contribution in [1.29, 1.82) is 0 Å². The molecular formula is C22H24N2O2. The van der Waals surface area contributed by atoms with Crippen molar-refractivity contribution >= 4 is 16.7 Å². The highest BCUT2D eigenvalue weighted by Gasteiger charge is 2.24. The first-order valence-electron chi connectivity index (χ1n) is 9.04. The van der Waals surface area contributed by atoms with E-state index in [-0.39, 0.29) is 0 Å². The fourth-order valence-corrected chi connectivity index (χ4v) is 3.63. The van der Waals surface area contributed by atoms with Crippen molar-refractivity contribution in [2.45, 2.75) is 0 Å². The van der Waals surface area contributed by atoms with Crippen LogP contribution in [0, 0.1) is 0 Å². The number of hydrogen-bond acceptors (Lipinski definition) is 4. The second-order valence-electron chi connectivity index (χ2n) is 6.58. The molecule has 4 rings (SSSR count). The smallest absolute Gasteiger partial charge is 0.158 e. The van der Waals surface area contributed by atoms with Crippen LogP contribution in [-0.4, -0.2) is 44.7 Å². The summed E-state index contributed by atoms with van der Waals surface area (Å²) in [4.78, 5) is 4.87. The van der Waals surface area contributed by atoms with Gasteiger partial charge in [-0.25, -0.2) is 0 Å². The van der Waals surface area contributed by atoms with Gasteiger partial charge in [-0.05, 0) is 12.1 Å². The Kier molecular flexibility index (Phi) is 4.67. The van der Waals surface area contributed by atoms with Gasteiger partial charge in [0, 0.05) is 49.7 Å². The van der Waals surface area contributed by atoms with Gasteiger partial charge < -0.3 is 14.1 Å². The minimum atomic E-state index is 0.813. The topological polar surface area (TPSA) is 28.9 Å². The summed E-state index contributed by atoms with van der Waals surface area (Å²) in [5.74, 6) is 1.75. The van der Waals surface area contributed by atoms with E-state index in [4.69, 9.17) is 9.15 Å². The van der Waals surface area contributed by atoms with Crippen molar-refractivity contribution in [2.75, 3.05) is 44.7 Å². The van der Waals surface area contributed by atoms with Crippen molar-refractivity contribution < 1.29 is 9.15 Å². The van der Waals surface area contributed by atoms with Crippen molar-refractivity contribution in [2.24, 2.45) is 0 Å². The summed E-state index contributed by atoms with van der Waals surface area (Å²) in [6.07, 6.45) is 1.98. The zero-order valence-electron chi connectivity index (χ0n) is 15.1. The lowest BCUT2D eigenvalue weighted by Crippen LogP contribution is -2.46. The number of ether oxygens (including phenoxy) is 1. The van der Waals surface area contributed by atoms with Gasteiger partial charge in [0.1, 0.15) is 11.3 Å². The van der Waals surface area contributed by atoms with Gasteiger partial charge in [-0.3, -0.25) is 4.90 Å². The van der Waals surface area contributed by atoms with Gasteiger partial charge in [0.05, 0.1) is 12.8 Å².